The third-order valence-corrected chi connectivity index (χ3v) is 6.57. The minimum absolute atomic E-state index is 0.0847. The van der Waals surface area contributed by atoms with Gasteiger partial charge in [-0.2, -0.15) is 0 Å². The van der Waals surface area contributed by atoms with Crippen molar-refractivity contribution in [2.24, 2.45) is 11.8 Å². The number of allylic oxidation sites excluding steroid dienone is 1. The Morgan fingerprint density at radius 2 is 2.10 bits per heavy atom. The summed E-state index contributed by atoms with van der Waals surface area (Å²) < 4.78 is 0. The number of carbonyl (C=O) groups is 2. The van der Waals surface area contributed by atoms with Gasteiger partial charge in [0.05, 0.1) is 5.02 Å². The first-order valence-corrected chi connectivity index (χ1v) is 11.3. The molecule has 156 valence electrons. The number of carbonyl (C=O) groups excluding carboxylic acids is 1. The lowest BCUT2D eigenvalue weighted by molar-refractivity contribution is -0.119. The standard InChI is InChI=1S/C20H19Cl2NO3S.C2H6/c21-13-8-12(10-23-11-13)4-6-16-15(17(22)9-18(16)24)3-1-2-14-5-7-19(27-14)20(25)26;1-2/h4-8,10-11,15-17H,1-3,9H2,(H,25,26);1-2H3/b6-4+;/t15-,16-,17?;/m1./s1. The van der Waals surface area contributed by atoms with Gasteiger partial charge in [-0.25, -0.2) is 4.79 Å². The third-order valence-electron chi connectivity index (χ3n) is 4.75. The van der Waals surface area contributed by atoms with Crippen LogP contribution in [0.2, 0.25) is 5.02 Å². The summed E-state index contributed by atoms with van der Waals surface area (Å²) in [6, 6.07) is 5.29. The van der Waals surface area contributed by atoms with Gasteiger partial charge in [-0.3, -0.25) is 9.78 Å². The van der Waals surface area contributed by atoms with Gasteiger partial charge in [0, 0.05) is 35.0 Å². The maximum Gasteiger partial charge on any atom is 0.345 e. The van der Waals surface area contributed by atoms with Gasteiger partial charge in [-0.15, -0.1) is 22.9 Å². The lowest BCUT2D eigenvalue weighted by Crippen LogP contribution is -2.16. The molecule has 2 aromatic heterocycles. The minimum atomic E-state index is -0.894. The van der Waals surface area contributed by atoms with Crippen molar-refractivity contribution < 1.29 is 14.7 Å². The predicted octanol–water partition coefficient (Wildman–Crippen LogP) is 6.37. The number of rotatable bonds is 7. The molecule has 0 bridgehead atoms. The molecule has 29 heavy (non-hydrogen) atoms. The van der Waals surface area contributed by atoms with Gasteiger partial charge in [0.2, 0.25) is 0 Å². The summed E-state index contributed by atoms with van der Waals surface area (Å²) in [7, 11) is 0. The highest BCUT2D eigenvalue weighted by atomic mass is 35.5. The van der Waals surface area contributed by atoms with Gasteiger partial charge in [0.15, 0.2) is 0 Å². The number of Topliss-reactive ketones (excluding diaryl/α,β-unsaturated/α-hetero) is 1. The molecular formula is C22H25Cl2NO3S. The highest BCUT2D eigenvalue weighted by molar-refractivity contribution is 7.13. The van der Waals surface area contributed by atoms with Gasteiger partial charge < -0.3 is 5.11 Å². The quantitative estimate of drug-likeness (QED) is 0.494. The van der Waals surface area contributed by atoms with Crippen molar-refractivity contribution in [3.05, 3.63) is 57.0 Å². The largest absolute Gasteiger partial charge is 0.477 e. The summed E-state index contributed by atoms with van der Waals surface area (Å²) in [5.74, 6) is -0.851. The second kappa shape index (κ2) is 11.5. The number of alkyl halides is 1. The zero-order chi connectivity index (χ0) is 21.4. The third kappa shape index (κ3) is 6.66. The van der Waals surface area contributed by atoms with Crippen LogP contribution in [-0.2, 0) is 11.2 Å². The van der Waals surface area contributed by atoms with Crippen LogP contribution >= 0.6 is 34.5 Å². The van der Waals surface area contributed by atoms with E-state index in [4.69, 9.17) is 28.3 Å². The number of carboxylic acid groups (broad SMARTS) is 1. The molecule has 0 saturated heterocycles. The van der Waals surface area contributed by atoms with E-state index in [1.54, 1.807) is 24.5 Å². The molecule has 0 aromatic carbocycles. The summed E-state index contributed by atoms with van der Waals surface area (Å²) >= 11 is 13.7. The Kier molecular flexibility index (Phi) is 9.34. The summed E-state index contributed by atoms with van der Waals surface area (Å²) in [5, 5.41) is 9.39. The fraction of sp³-hybridized carbons (Fsp3) is 0.409. The number of nitrogens with zero attached hydrogens (tertiary/aromatic N) is 1. The average molecular weight is 454 g/mol. The summed E-state index contributed by atoms with van der Waals surface area (Å²) in [6.45, 7) is 4.00. The molecule has 1 fully saturated rings. The first kappa shape index (κ1) is 23.6. The molecule has 1 N–H and O–H groups in total. The molecule has 2 aromatic rings. The Morgan fingerprint density at radius 1 is 1.34 bits per heavy atom. The number of halogens is 2. The number of aromatic nitrogens is 1. The minimum Gasteiger partial charge on any atom is -0.477 e. The van der Waals surface area contributed by atoms with Gasteiger partial charge >= 0.3 is 5.97 Å². The predicted molar refractivity (Wildman–Crippen MR) is 120 cm³/mol. The van der Waals surface area contributed by atoms with Crippen LogP contribution in [0.15, 0.2) is 36.7 Å². The molecule has 0 radical (unpaired) electrons. The first-order valence-electron chi connectivity index (χ1n) is 9.71. The van der Waals surface area contributed by atoms with Gasteiger partial charge in [0.1, 0.15) is 10.7 Å². The van der Waals surface area contributed by atoms with E-state index >= 15 is 0 Å². The van der Waals surface area contributed by atoms with Crippen molar-refractivity contribution in [1.82, 2.24) is 4.98 Å². The van der Waals surface area contributed by atoms with Crippen molar-refractivity contribution in [1.29, 1.82) is 0 Å². The molecular weight excluding hydrogens is 429 g/mol. The monoisotopic (exact) mass is 453 g/mol. The van der Waals surface area contributed by atoms with Crippen LogP contribution in [0.5, 0.6) is 0 Å². The van der Waals surface area contributed by atoms with Crippen LogP contribution in [0, 0.1) is 11.8 Å². The van der Waals surface area contributed by atoms with Crippen LogP contribution in [0.4, 0.5) is 0 Å². The Morgan fingerprint density at radius 3 is 2.76 bits per heavy atom. The summed E-state index contributed by atoms with van der Waals surface area (Å²) in [4.78, 5) is 28.8. The molecule has 0 amide bonds. The Labute approximate surface area is 185 Å². The molecule has 0 aliphatic heterocycles. The Hall–Kier alpha value is -1.69. The molecule has 4 nitrogen and oxygen atoms in total. The van der Waals surface area contributed by atoms with Crippen LogP contribution in [0.3, 0.4) is 0 Å². The van der Waals surface area contributed by atoms with Crippen LogP contribution in [-0.4, -0.2) is 27.2 Å². The average Bonchev–Trinajstić information content (AvgIpc) is 3.27. The maximum atomic E-state index is 12.4. The second-order valence-corrected chi connectivity index (χ2v) is 8.80. The number of pyridine rings is 1. The topological polar surface area (TPSA) is 67.3 Å². The molecule has 7 heteroatoms. The Balaban J connectivity index is 0.00000145. The fourth-order valence-electron chi connectivity index (χ4n) is 3.43. The first-order chi connectivity index (χ1) is 13.9. The number of aromatic carboxylic acids is 1. The van der Waals surface area contributed by atoms with Crippen molar-refractivity contribution in [2.45, 2.75) is 44.9 Å². The molecule has 1 aliphatic rings. The van der Waals surface area contributed by atoms with Gasteiger partial charge in [0.25, 0.3) is 0 Å². The molecule has 3 rings (SSSR count). The maximum absolute atomic E-state index is 12.4. The fourth-order valence-corrected chi connectivity index (χ4v) is 4.93. The molecule has 0 spiro atoms. The SMILES string of the molecule is CC.O=C(O)c1ccc(CCC[C@H]2C(Cl)CC(=O)[C@@H]2/C=C/c2cncc(Cl)c2)s1. The van der Waals surface area contributed by atoms with E-state index in [2.05, 4.69) is 4.98 Å². The van der Waals surface area contributed by atoms with Crippen molar-refractivity contribution >= 4 is 52.4 Å². The lowest BCUT2D eigenvalue weighted by Gasteiger charge is -2.17. The normalized spacial score (nSPS) is 21.2. The second-order valence-electron chi connectivity index (χ2n) is 6.64. The molecule has 3 atom stereocenters. The number of thiophene rings is 1. The van der Waals surface area contributed by atoms with Crippen LogP contribution in [0.1, 0.15) is 53.2 Å². The molecule has 1 aliphatic carbocycles. The number of hydrogen-bond donors (Lipinski definition) is 1. The number of aryl methyl sites for hydroxylation is 1. The Bertz CT molecular complexity index is 865. The molecule has 1 saturated carbocycles. The van der Waals surface area contributed by atoms with Crippen molar-refractivity contribution in [2.75, 3.05) is 0 Å². The zero-order valence-electron chi connectivity index (χ0n) is 16.5. The molecule has 2 heterocycles. The van der Waals surface area contributed by atoms with Gasteiger partial charge in [-0.05, 0) is 48.9 Å². The number of carboxylic acids is 1. The van der Waals surface area contributed by atoms with E-state index in [1.165, 1.54) is 11.3 Å². The lowest BCUT2D eigenvalue weighted by atomic mass is 9.89. The van der Waals surface area contributed by atoms with E-state index in [9.17, 15) is 9.59 Å². The van der Waals surface area contributed by atoms with E-state index in [0.29, 0.717) is 16.3 Å². The highest BCUT2D eigenvalue weighted by Crippen LogP contribution is 2.38. The molecule has 1 unspecified atom stereocenters. The smallest absolute Gasteiger partial charge is 0.345 e. The number of ketones is 1. The van der Waals surface area contributed by atoms with E-state index < -0.39 is 5.97 Å². The van der Waals surface area contributed by atoms with Crippen LogP contribution in [0.25, 0.3) is 6.08 Å². The van der Waals surface area contributed by atoms with Crippen molar-refractivity contribution in [3.63, 3.8) is 0 Å². The van der Waals surface area contributed by atoms with E-state index in [1.807, 2.05) is 32.1 Å². The van der Waals surface area contributed by atoms with Gasteiger partial charge in [-0.1, -0.05) is 37.6 Å². The summed E-state index contributed by atoms with van der Waals surface area (Å²) in [5.41, 5.74) is 0.854. The van der Waals surface area contributed by atoms with E-state index in [0.717, 1.165) is 29.7 Å². The van der Waals surface area contributed by atoms with E-state index in [-0.39, 0.29) is 23.0 Å². The zero-order valence-corrected chi connectivity index (χ0v) is 18.8. The summed E-state index contributed by atoms with van der Waals surface area (Å²) in [6.07, 6.45) is 9.92. The van der Waals surface area contributed by atoms with Crippen LogP contribution < -0.4 is 0 Å². The highest BCUT2D eigenvalue weighted by Gasteiger charge is 2.39. The number of hydrogen-bond acceptors (Lipinski definition) is 4. The van der Waals surface area contributed by atoms with Crippen molar-refractivity contribution in [3.8, 4) is 0 Å².